The Kier molecular flexibility index (Phi) is 3.93. The molecule has 4 rings (SSSR count). The number of rotatable bonds is 3. The van der Waals surface area contributed by atoms with E-state index in [-0.39, 0.29) is 0 Å². The number of allylic oxidation sites excluding steroid dienone is 12. The summed E-state index contributed by atoms with van der Waals surface area (Å²) in [7, 11) is 0. The minimum absolute atomic E-state index is 0.759. The summed E-state index contributed by atoms with van der Waals surface area (Å²) < 4.78 is 8.25. The van der Waals surface area contributed by atoms with Crippen LogP contribution >= 0.6 is 0 Å². The molecule has 3 heteroatoms. The van der Waals surface area contributed by atoms with Crippen molar-refractivity contribution in [2.24, 2.45) is 0 Å². The summed E-state index contributed by atoms with van der Waals surface area (Å²) in [4.78, 5) is 0. The second-order valence-corrected chi connectivity index (χ2v) is 6.07. The Balaban J connectivity index is 1.80. The van der Waals surface area contributed by atoms with Crippen LogP contribution in [0, 0.1) is 0 Å². The third-order valence-corrected chi connectivity index (χ3v) is 4.42. The fourth-order valence-corrected chi connectivity index (χ4v) is 3.15. The van der Waals surface area contributed by atoms with E-state index in [1.165, 1.54) is 16.8 Å². The van der Waals surface area contributed by atoms with Gasteiger partial charge in [0.1, 0.15) is 0 Å². The maximum atomic E-state index is 6.23. The molecular formula is C20H21N2O+. The second-order valence-electron chi connectivity index (χ2n) is 6.07. The predicted octanol–water partition coefficient (Wildman–Crippen LogP) is 4.62. The molecule has 1 aromatic rings. The number of aromatic nitrogens is 2. The van der Waals surface area contributed by atoms with Crippen molar-refractivity contribution in [2.75, 3.05) is 0 Å². The van der Waals surface area contributed by atoms with E-state index in [0.29, 0.717) is 0 Å². The van der Waals surface area contributed by atoms with Gasteiger partial charge < -0.3 is 4.42 Å². The van der Waals surface area contributed by atoms with E-state index in [0.717, 1.165) is 50.3 Å². The molecule has 0 aliphatic heterocycles. The Hall–Kier alpha value is -2.42. The van der Waals surface area contributed by atoms with Crippen LogP contribution in [0.4, 0.5) is 0 Å². The maximum absolute atomic E-state index is 6.23. The van der Waals surface area contributed by atoms with E-state index < -0.39 is 0 Å². The summed E-state index contributed by atoms with van der Waals surface area (Å²) in [5.74, 6) is 1.65. The summed E-state index contributed by atoms with van der Waals surface area (Å²) in [6, 6.07) is 0. The molecule has 0 bridgehead atoms. The number of nitrogens with zero attached hydrogens (tertiary/aromatic N) is 2. The smallest absolute Gasteiger partial charge is 0.377 e. The normalized spacial score (nSPS) is 20.3. The van der Waals surface area contributed by atoms with E-state index in [2.05, 4.69) is 54.7 Å². The van der Waals surface area contributed by atoms with Gasteiger partial charge >= 0.3 is 5.89 Å². The van der Waals surface area contributed by atoms with Crippen LogP contribution in [-0.4, -0.2) is 5.10 Å². The van der Waals surface area contributed by atoms with E-state index in [4.69, 9.17) is 9.52 Å². The van der Waals surface area contributed by atoms with Crippen molar-refractivity contribution in [1.29, 1.82) is 0 Å². The number of hydrogen-bond donors (Lipinski definition) is 0. The second kappa shape index (κ2) is 6.37. The van der Waals surface area contributed by atoms with Crippen molar-refractivity contribution in [3.8, 4) is 0 Å². The lowest BCUT2D eigenvalue weighted by Gasteiger charge is -2.04. The molecule has 0 fully saturated rings. The molecule has 0 saturated carbocycles. The first kappa shape index (κ1) is 14.2. The van der Waals surface area contributed by atoms with E-state index in [1.807, 2.05) is 4.68 Å². The van der Waals surface area contributed by atoms with Gasteiger partial charge in [-0.1, -0.05) is 42.5 Å². The van der Waals surface area contributed by atoms with Gasteiger partial charge in [0.25, 0.3) is 5.89 Å². The summed E-state index contributed by atoms with van der Waals surface area (Å²) >= 11 is 0. The summed E-state index contributed by atoms with van der Waals surface area (Å²) in [5, 5.41) is 4.81. The van der Waals surface area contributed by atoms with Crippen molar-refractivity contribution in [2.45, 2.75) is 38.5 Å². The fourth-order valence-electron chi connectivity index (χ4n) is 3.15. The van der Waals surface area contributed by atoms with Crippen molar-refractivity contribution < 1.29 is 9.10 Å². The van der Waals surface area contributed by atoms with Gasteiger partial charge in [0.15, 0.2) is 0 Å². The lowest BCUT2D eigenvalue weighted by molar-refractivity contribution is -0.651. The lowest BCUT2D eigenvalue weighted by Crippen LogP contribution is -2.38. The summed E-state index contributed by atoms with van der Waals surface area (Å²) in [6.07, 6.45) is 25.5. The van der Waals surface area contributed by atoms with Crippen LogP contribution < -0.4 is 4.68 Å². The largest absolute Gasteiger partial charge is 0.409 e. The zero-order valence-electron chi connectivity index (χ0n) is 13.2. The first-order chi connectivity index (χ1) is 11.4. The SMILES string of the molecule is C1=CCCC(c2n[n+](C3=CC=CCC3)c(C3=CC=CCC3)o2)=C1. The zero-order valence-corrected chi connectivity index (χ0v) is 13.2. The van der Waals surface area contributed by atoms with Gasteiger partial charge in [-0.15, -0.1) is 0 Å². The van der Waals surface area contributed by atoms with Gasteiger partial charge in [-0.3, -0.25) is 0 Å². The van der Waals surface area contributed by atoms with Crippen molar-refractivity contribution in [3.05, 3.63) is 66.5 Å². The van der Waals surface area contributed by atoms with Crippen molar-refractivity contribution in [1.82, 2.24) is 5.10 Å². The van der Waals surface area contributed by atoms with E-state index >= 15 is 0 Å². The van der Waals surface area contributed by atoms with Gasteiger partial charge in [-0.05, 0) is 42.9 Å². The predicted molar refractivity (Wildman–Crippen MR) is 92.0 cm³/mol. The molecule has 0 radical (unpaired) electrons. The van der Waals surface area contributed by atoms with Gasteiger partial charge in [0.2, 0.25) is 5.70 Å². The zero-order chi connectivity index (χ0) is 15.5. The Morgan fingerprint density at radius 1 is 0.783 bits per heavy atom. The molecule has 0 spiro atoms. The number of hydrogen-bond acceptors (Lipinski definition) is 2. The molecule has 3 aliphatic carbocycles. The quantitative estimate of drug-likeness (QED) is 0.763. The Morgan fingerprint density at radius 3 is 2.04 bits per heavy atom. The molecule has 1 aromatic heterocycles. The molecule has 0 unspecified atom stereocenters. The first-order valence-corrected chi connectivity index (χ1v) is 8.43. The molecule has 0 aromatic carbocycles. The van der Waals surface area contributed by atoms with Gasteiger partial charge in [0.05, 0.1) is 5.57 Å². The molecule has 0 atom stereocenters. The molecule has 1 heterocycles. The average molecular weight is 305 g/mol. The van der Waals surface area contributed by atoms with E-state index in [1.54, 1.807) is 0 Å². The highest BCUT2D eigenvalue weighted by molar-refractivity contribution is 5.64. The van der Waals surface area contributed by atoms with Crippen LogP contribution in [0.3, 0.4) is 0 Å². The van der Waals surface area contributed by atoms with Crippen LogP contribution in [0.25, 0.3) is 16.8 Å². The van der Waals surface area contributed by atoms with Gasteiger partial charge in [-0.2, -0.15) is 0 Å². The fraction of sp³-hybridized carbons (Fsp3) is 0.300. The molecule has 3 aliphatic rings. The highest BCUT2D eigenvalue weighted by Gasteiger charge is 2.30. The van der Waals surface area contributed by atoms with Crippen LogP contribution in [-0.2, 0) is 0 Å². The first-order valence-electron chi connectivity index (χ1n) is 8.43. The van der Waals surface area contributed by atoms with E-state index in [9.17, 15) is 0 Å². The topological polar surface area (TPSA) is 29.9 Å². The molecule has 3 nitrogen and oxygen atoms in total. The van der Waals surface area contributed by atoms with Gasteiger partial charge in [0, 0.05) is 23.2 Å². The van der Waals surface area contributed by atoms with Gasteiger partial charge in [-0.25, -0.2) is 0 Å². The standard InChI is InChI=1S/C20H21N2O/c1-4-10-16(11-5-1)19-21-22(18-14-8-3-9-15-18)20(23-19)17-12-6-2-7-13-17/h1-4,6,8,10,12,14H,5,7,9,11,13,15H2/q+1. The Labute approximate surface area is 136 Å². The third kappa shape index (κ3) is 2.91. The molecule has 23 heavy (non-hydrogen) atoms. The molecule has 0 amide bonds. The molecule has 116 valence electrons. The van der Waals surface area contributed by atoms with Crippen LogP contribution in [0.15, 0.2) is 59.1 Å². The van der Waals surface area contributed by atoms with Crippen molar-refractivity contribution in [3.63, 3.8) is 0 Å². The molecule has 0 N–H and O–H groups in total. The highest BCUT2D eigenvalue weighted by Crippen LogP contribution is 2.28. The Bertz CT molecular complexity index is 735. The minimum Gasteiger partial charge on any atom is -0.377 e. The summed E-state index contributed by atoms with van der Waals surface area (Å²) in [6.45, 7) is 0. The third-order valence-electron chi connectivity index (χ3n) is 4.42. The monoisotopic (exact) mass is 305 g/mol. The Morgan fingerprint density at radius 2 is 1.43 bits per heavy atom. The molecular weight excluding hydrogens is 284 g/mol. The van der Waals surface area contributed by atoms with Crippen LogP contribution in [0.2, 0.25) is 0 Å². The van der Waals surface area contributed by atoms with Crippen LogP contribution in [0.1, 0.15) is 50.3 Å². The van der Waals surface area contributed by atoms with Crippen molar-refractivity contribution >= 4 is 16.8 Å². The summed E-state index contributed by atoms with van der Waals surface area (Å²) in [5.41, 5.74) is 3.62. The lowest BCUT2D eigenvalue weighted by atomic mass is 10.0. The maximum Gasteiger partial charge on any atom is 0.409 e. The highest BCUT2D eigenvalue weighted by atomic mass is 16.4. The average Bonchev–Trinajstić information content (AvgIpc) is 3.09. The minimum atomic E-state index is 0.759. The molecule has 0 saturated heterocycles. The van der Waals surface area contributed by atoms with Crippen LogP contribution in [0.5, 0.6) is 0 Å².